The summed E-state index contributed by atoms with van der Waals surface area (Å²) < 4.78 is 1.44. The van der Waals surface area contributed by atoms with Gasteiger partial charge in [0.05, 0.1) is 5.56 Å². The van der Waals surface area contributed by atoms with Gasteiger partial charge in [0.2, 0.25) is 0 Å². The molecular weight excluding hydrogens is 244 g/mol. The van der Waals surface area contributed by atoms with Crippen LogP contribution in [-0.2, 0) is 0 Å². The fourth-order valence-electron chi connectivity index (χ4n) is 1.82. The topological polar surface area (TPSA) is 93.5 Å². The SMILES string of the molecule is Nc1ccccc1-c1nc2ccc(C(=O)O)cn2n1. The largest absolute Gasteiger partial charge is 0.478 e. The van der Waals surface area contributed by atoms with Crippen LogP contribution in [0.3, 0.4) is 0 Å². The maximum absolute atomic E-state index is 10.9. The lowest BCUT2D eigenvalue weighted by Gasteiger charge is -1.98. The van der Waals surface area contributed by atoms with Gasteiger partial charge in [0.1, 0.15) is 0 Å². The number of aromatic nitrogens is 3. The molecule has 3 aromatic rings. The number of fused-ring (bicyclic) bond motifs is 1. The Bertz CT molecular complexity index is 779. The lowest BCUT2D eigenvalue weighted by Crippen LogP contribution is -1.99. The first-order chi connectivity index (χ1) is 9.15. The van der Waals surface area contributed by atoms with Crippen LogP contribution in [0.4, 0.5) is 5.69 Å². The second-order valence-electron chi connectivity index (χ2n) is 4.05. The lowest BCUT2D eigenvalue weighted by molar-refractivity contribution is 0.0696. The average molecular weight is 254 g/mol. The molecule has 0 saturated carbocycles. The van der Waals surface area contributed by atoms with Crippen LogP contribution in [-0.4, -0.2) is 25.7 Å². The van der Waals surface area contributed by atoms with Crippen molar-refractivity contribution in [2.45, 2.75) is 0 Å². The number of carboxylic acid groups (broad SMARTS) is 1. The number of hydrogen-bond acceptors (Lipinski definition) is 4. The van der Waals surface area contributed by atoms with E-state index >= 15 is 0 Å². The van der Waals surface area contributed by atoms with E-state index in [2.05, 4.69) is 10.1 Å². The van der Waals surface area contributed by atoms with Gasteiger partial charge >= 0.3 is 5.97 Å². The quantitative estimate of drug-likeness (QED) is 0.678. The molecule has 2 aromatic heterocycles. The van der Waals surface area contributed by atoms with Crippen LogP contribution in [0.2, 0.25) is 0 Å². The first-order valence-electron chi connectivity index (χ1n) is 5.60. The monoisotopic (exact) mass is 254 g/mol. The van der Waals surface area contributed by atoms with Crippen LogP contribution in [0.15, 0.2) is 42.6 Å². The van der Waals surface area contributed by atoms with Crippen molar-refractivity contribution in [1.29, 1.82) is 0 Å². The number of para-hydroxylation sites is 1. The van der Waals surface area contributed by atoms with Crippen LogP contribution >= 0.6 is 0 Å². The van der Waals surface area contributed by atoms with Gasteiger partial charge in [-0.1, -0.05) is 12.1 Å². The maximum Gasteiger partial charge on any atom is 0.337 e. The summed E-state index contributed by atoms with van der Waals surface area (Å²) in [5, 5.41) is 13.2. The first kappa shape index (κ1) is 11.2. The van der Waals surface area contributed by atoms with E-state index in [1.54, 1.807) is 12.1 Å². The van der Waals surface area contributed by atoms with E-state index in [1.165, 1.54) is 16.8 Å². The molecule has 0 aliphatic rings. The van der Waals surface area contributed by atoms with E-state index in [0.717, 1.165) is 5.56 Å². The summed E-state index contributed by atoms with van der Waals surface area (Å²) in [4.78, 5) is 15.2. The number of hydrogen-bond donors (Lipinski definition) is 2. The number of rotatable bonds is 2. The molecule has 0 saturated heterocycles. The van der Waals surface area contributed by atoms with Gasteiger partial charge in [-0.15, -0.1) is 5.10 Å². The number of nitrogens with two attached hydrogens (primary N) is 1. The number of nitrogens with zero attached hydrogens (tertiary/aromatic N) is 3. The van der Waals surface area contributed by atoms with Crippen LogP contribution < -0.4 is 5.73 Å². The zero-order valence-corrected chi connectivity index (χ0v) is 9.82. The van der Waals surface area contributed by atoms with Crippen LogP contribution in [0.25, 0.3) is 17.0 Å². The first-order valence-corrected chi connectivity index (χ1v) is 5.60. The van der Waals surface area contributed by atoms with E-state index in [9.17, 15) is 4.79 Å². The van der Waals surface area contributed by atoms with E-state index in [4.69, 9.17) is 10.8 Å². The number of anilines is 1. The Labute approximate surface area is 108 Å². The van der Waals surface area contributed by atoms with Crippen molar-refractivity contribution in [3.8, 4) is 11.4 Å². The Balaban J connectivity index is 2.17. The Morgan fingerprint density at radius 2 is 2.00 bits per heavy atom. The second-order valence-corrected chi connectivity index (χ2v) is 4.05. The zero-order valence-electron chi connectivity index (χ0n) is 9.82. The molecular formula is C13H10N4O2. The molecule has 6 nitrogen and oxygen atoms in total. The molecule has 2 heterocycles. The number of carboxylic acids is 1. The summed E-state index contributed by atoms with van der Waals surface area (Å²) in [7, 11) is 0. The van der Waals surface area contributed by atoms with Crippen molar-refractivity contribution in [2.24, 2.45) is 0 Å². The van der Waals surface area contributed by atoms with Crippen molar-refractivity contribution in [3.63, 3.8) is 0 Å². The molecule has 0 bridgehead atoms. The smallest absolute Gasteiger partial charge is 0.337 e. The fraction of sp³-hybridized carbons (Fsp3) is 0. The van der Waals surface area contributed by atoms with E-state index in [0.29, 0.717) is 17.2 Å². The summed E-state index contributed by atoms with van der Waals surface area (Å²) >= 11 is 0. The molecule has 0 spiro atoms. The fourth-order valence-corrected chi connectivity index (χ4v) is 1.82. The molecule has 0 fully saturated rings. The molecule has 3 N–H and O–H groups in total. The van der Waals surface area contributed by atoms with Crippen molar-refractivity contribution >= 4 is 17.3 Å². The normalized spacial score (nSPS) is 10.7. The van der Waals surface area contributed by atoms with Gasteiger partial charge in [0.25, 0.3) is 0 Å². The standard InChI is InChI=1S/C13H10N4O2/c14-10-4-2-1-3-9(10)12-15-11-6-5-8(13(18)19)7-17(11)16-12/h1-7H,14H2,(H,18,19). The summed E-state index contributed by atoms with van der Waals surface area (Å²) in [5.74, 6) is -0.529. The third kappa shape index (κ3) is 1.89. The molecule has 3 rings (SSSR count). The van der Waals surface area contributed by atoms with Crippen molar-refractivity contribution in [2.75, 3.05) is 5.73 Å². The van der Waals surface area contributed by atoms with Crippen LogP contribution in [0, 0.1) is 0 Å². The molecule has 19 heavy (non-hydrogen) atoms. The van der Waals surface area contributed by atoms with Gasteiger partial charge in [0.15, 0.2) is 11.5 Å². The number of nitrogen functional groups attached to an aromatic ring is 1. The van der Waals surface area contributed by atoms with E-state index < -0.39 is 5.97 Å². The van der Waals surface area contributed by atoms with Crippen molar-refractivity contribution in [1.82, 2.24) is 14.6 Å². The third-order valence-electron chi connectivity index (χ3n) is 2.78. The summed E-state index contributed by atoms with van der Waals surface area (Å²) in [6.45, 7) is 0. The van der Waals surface area contributed by atoms with Crippen molar-refractivity contribution in [3.05, 3.63) is 48.2 Å². The molecule has 0 amide bonds. The van der Waals surface area contributed by atoms with Crippen LogP contribution in [0.5, 0.6) is 0 Å². The highest BCUT2D eigenvalue weighted by atomic mass is 16.4. The predicted octanol–water partition coefficient (Wildman–Crippen LogP) is 1.68. The maximum atomic E-state index is 10.9. The van der Waals surface area contributed by atoms with Gasteiger partial charge in [-0.2, -0.15) is 0 Å². The highest BCUT2D eigenvalue weighted by molar-refractivity contribution is 5.87. The number of carbonyl (C=O) groups is 1. The van der Waals surface area contributed by atoms with Crippen molar-refractivity contribution < 1.29 is 9.90 Å². The van der Waals surface area contributed by atoms with Gasteiger partial charge in [-0.25, -0.2) is 14.3 Å². The second kappa shape index (κ2) is 4.09. The third-order valence-corrected chi connectivity index (χ3v) is 2.78. The number of pyridine rings is 1. The zero-order chi connectivity index (χ0) is 13.4. The molecule has 1 aromatic carbocycles. The molecule has 0 unspecified atom stereocenters. The number of benzene rings is 1. The Morgan fingerprint density at radius 1 is 1.21 bits per heavy atom. The minimum Gasteiger partial charge on any atom is -0.478 e. The van der Waals surface area contributed by atoms with Gasteiger partial charge in [-0.05, 0) is 24.3 Å². The lowest BCUT2D eigenvalue weighted by atomic mass is 10.2. The Kier molecular flexibility index (Phi) is 2.42. The molecule has 6 heteroatoms. The summed E-state index contributed by atoms with van der Waals surface area (Å²) in [5.41, 5.74) is 7.90. The van der Waals surface area contributed by atoms with Gasteiger partial charge < -0.3 is 10.8 Å². The summed E-state index contributed by atoms with van der Waals surface area (Å²) in [6.07, 6.45) is 1.42. The molecule has 0 aliphatic carbocycles. The van der Waals surface area contributed by atoms with E-state index in [1.807, 2.05) is 18.2 Å². The highest BCUT2D eigenvalue weighted by Crippen LogP contribution is 2.22. The van der Waals surface area contributed by atoms with Gasteiger partial charge in [0, 0.05) is 17.4 Å². The molecule has 94 valence electrons. The molecule has 0 atom stereocenters. The Hall–Kier alpha value is -2.89. The highest BCUT2D eigenvalue weighted by Gasteiger charge is 2.10. The minimum absolute atomic E-state index is 0.157. The van der Waals surface area contributed by atoms with E-state index in [-0.39, 0.29) is 5.56 Å². The number of aromatic carboxylic acids is 1. The Morgan fingerprint density at radius 3 is 2.74 bits per heavy atom. The van der Waals surface area contributed by atoms with Gasteiger partial charge in [-0.3, -0.25) is 0 Å². The average Bonchev–Trinajstić information content (AvgIpc) is 2.81. The predicted molar refractivity (Wildman–Crippen MR) is 69.8 cm³/mol. The summed E-state index contributed by atoms with van der Waals surface area (Å²) in [6, 6.07) is 10.4. The van der Waals surface area contributed by atoms with Crippen LogP contribution in [0.1, 0.15) is 10.4 Å². The molecule has 0 aliphatic heterocycles. The molecule has 0 radical (unpaired) electrons. The minimum atomic E-state index is -1.00.